The third-order valence-electron chi connectivity index (χ3n) is 4.91. The Labute approximate surface area is 145 Å². The van der Waals surface area contributed by atoms with Crippen molar-refractivity contribution < 1.29 is 0 Å². The summed E-state index contributed by atoms with van der Waals surface area (Å²) in [6.45, 7) is 0. The van der Waals surface area contributed by atoms with Crippen molar-refractivity contribution in [3.05, 3.63) is 113 Å². The van der Waals surface area contributed by atoms with Gasteiger partial charge < -0.3 is 0 Å². The number of benzene rings is 3. The van der Waals surface area contributed by atoms with Crippen molar-refractivity contribution >= 4 is 0 Å². The Morgan fingerprint density at radius 3 is 1.92 bits per heavy atom. The maximum atomic E-state index is 2.33. The van der Waals surface area contributed by atoms with Gasteiger partial charge in [0.05, 0.1) is 0 Å². The van der Waals surface area contributed by atoms with Crippen LogP contribution in [0, 0.1) is 11.8 Å². The molecule has 4 rings (SSSR count). The molecule has 1 radical (unpaired) electrons. The lowest BCUT2D eigenvalue weighted by atomic mass is 9.84. The van der Waals surface area contributed by atoms with Crippen LogP contribution in [0.2, 0.25) is 0 Å². The average Bonchev–Trinajstić information content (AvgIpc) is 3.47. The third-order valence-corrected chi connectivity index (χ3v) is 4.91. The van der Waals surface area contributed by atoms with Crippen LogP contribution in [-0.4, -0.2) is 0 Å². The molecule has 1 saturated carbocycles. The molecule has 0 atom stereocenters. The van der Waals surface area contributed by atoms with E-state index < -0.39 is 0 Å². The molecule has 0 unspecified atom stereocenters. The number of hydrogen-bond donors (Lipinski definition) is 0. The second kappa shape index (κ2) is 7.05. The molecular formula is C24H23. The van der Waals surface area contributed by atoms with Gasteiger partial charge in [-0.3, -0.25) is 0 Å². The van der Waals surface area contributed by atoms with Crippen molar-refractivity contribution in [3.8, 4) is 0 Å². The van der Waals surface area contributed by atoms with Crippen molar-refractivity contribution in [2.75, 3.05) is 0 Å². The molecule has 0 amide bonds. The smallest absolute Gasteiger partial charge is 0.0127 e. The lowest BCUT2D eigenvalue weighted by molar-refractivity contribution is 0.800. The standard InChI is InChI=1S/C24H23/c1-3-9-19(10-4-1)17-22-13-7-8-14-23(22)24(21-15-16-21)18-20-11-5-2-6-12-20/h1-14,21H,15-18H2. The summed E-state index contributed by atoms with van der Waals surface area (Å²) in [5, 5.41) is 0. The molecule has 0 spiro atoms. The summed E-state index contributed by atoms with van der Waals surface area (Å²) in [7, 11) is 0. The van der Waals surface area contributed by atoms with Gasteiger partial charge in [-0.25, -0.2) is 0 Å². The van der Waals surface area contributed by atoms with Crippen LogP contribution in [-0.2, 0) is 12.8 Å². The largest absolute Gasteiger partial charge is 0.0622 e. The van der Waals surface area contributed by atoms with Crippen LogP contribution in [0.15, 0.2) is 84.9 Å². The third kappa shape index (κ3) is 3.59. The Balaban J connectivity index is 1.63. The van der Waals surface area contributed by atoms with E-state index in [0.29, 0.717) is 0 Å². The van der Waals surface area contributed by atoms with E-state index in [1.807, 2.05) is 0 Å². The molecule has 119 valence electrons. The lowest BCUT2D eigenvalue weighted by Gasteiger charge is -2.20. The molecule has 1 aliphatic rings. The van der Waals surface area contributed by atoms with Gasteiger partial charge in [-0.15, -0.1) is 0 Å². The van der Waals surface area contributed by atoms with E-state index in [-0.39, 0.29) is 0 Å². The van der Waals surface area contributed by atoms with Crippen LogP contribution in [0.4, 0.5) is 0 Å². The molecule has 0 saturated heterocycles. The van der Waals surface area contributed by atoms with Crippen molar-refractivity contribution in [2.24, 2.45) is 5.92 Å². The predicted molar refractivity (Wildman–Crippen MR) is 101 cm³/mol. The summed E-state index contributed by atoms with van der Waals surface area (Å²) in [6, 6.07) is 30.7. The summed E-state index contributed by atoms with van der Waals surface area (Å²) in [5.41, 5.74) is 5.75. The Morgan fingerprint density at radius 1 is 0.667 bits per heavy atom. The zero-order valence-electron chi connectivity index (χ0n) is 14.0. The van der Waals surface area contributed by atoms with Crippen LogP contribution in [0.1, 0.15) is 35.1 Å². The number of rotatable bonds is 6. The Morgan fingerprint density at radius 2 is 1.25 bits per heavy atom. The fourth-order valence-corrected chi connectivity index (χ4v) is 3.51. The van der Waals surface area contributed by atoms with Crippen LogP contribution < -0.4 is 0 Å². The first-order chi connectivity index (χ1) is 11.9. The second-order valence-corrected chi connectivity index (χ2v) is 6.78. The Bertz CT molecular complexity index is 769. The summed E-state index contributed by atoms with van der Waals surface area (Å²) >= 11 is 0. The van der Waals surface area contributed by atoms with Crippen molar-refractivity contribution in [1.29, 1.82) is 0 Å². The summed E-state index contributed by atoms with van der Waals surface area (Å²) in [6.07, 6.45) is 4.79. The Kier molecular flexibility index (Phi) is 4.46. The van der Waals surface area contributed by atoms with Crippen LogP contribution in [0.3, 0.4) is 0 Å². The van der Waals surface area contributed by atoms with Crippen molar-refractivity contribution in [3.63, 3.8) is 0 Å². The van der Waals surface area contributed by atoms with Gasteiger partial charge in [0.25, 0.3) is 0 Å². The highest BCUT2D eigenvalue weighted by Crippen LogP contribution is 2.44. The molecule has 3 aromatic carbocycles. The van der Waals surface area contributed by atoms with Gasteiger partial charge in [0.15, 0.2) is 0 Å². The highest BCUT2D eigenvalue weighted by atomic mass is 14.4. The summed E-state index contributed by atoms with van der Waals surface area (Å²) in [4.78, 5) is 0. The van der Waals surface area contributed by atoms with Gasteiger partial charge in [-0.05, 0) is 53.9 Å². The highest BCUT2D eigenvalue weighted by molar-refractivity contribution is 5.45. The van der Waals surface area contributed by atoms with Gasteiger partial charge in [-0.1, -0.05) is 84.9 Å². The SMILES string of the molecule is c1ccc(C[C](c2ccccc2Cc2ccccc2)C2CC2)cc1. The summed E-state index contributed by atoms with van der Waals surface area (Å²) in [5.74, 6) is 2.41. The first-order valence-corrected chi connectivity index (χ1v) is 8.92. The minimum absolute atomic E-state index is 0.780. The average molecular weight is 311 g/mol. The first kappa shape index (κ1) is 15.2. The molecule has 1 fully saturated rings. The van der Waals surface area contributed by atoms with Crippen LogP contribution in [0.25, 0.3) is 0 Å². The normalized spacial score (nSPS) is 14.0. The molecule has 0 N–H and O–H groups in total. The van der Waals surface area contributed by atoms with Gasteiger partial charge in [0, 0.05) is 5.92 Å². The van der Waals surface area contributed by atoms with Crippen molar-refractivity contribution in [1.82, 2.24) is 0 Å². The lowest BCUT2D eigenvalue weighted by Crippen LogP contribution is -2.10. The molecule has 24 heavy (non-hydrogen) atoms. The first-order valence-electron chi connectivity index (χ1n) is 8.92. The van der Waals surface area contributed by atoms with Gasteiger partial charge in [0.2, 0.25) is 0 Å². The molecule has 0 bridgehead atoms. The van der Waals surface area contributed by atoms with E-state index in [1.54, 1.807) is 5.92 Å². The fraction of sp³-hybridized carbons (Fsp3) is 0.208. The molecule has 0 nitrogen and oxygen atoms in total. The minimum Gasteiger partial charge on any atom is -0.0622 e. The van der Waals surface area contributed by atoms with E-state index in [4.69, 9.17) is 0 Å². The molecule has 0 heterocycles. The molecular weight excluding hydrogens is 288 g/mol. The molecule has 0 aromatic heterocycles. The predicted octanol–water partition coefficient (Wildman–Crippen LogP) is 5.85. The topological polar surface area (TPSA) is 0 Å². The zero-order chi connectivity index (χ0) is 16.2. The van der Waals surface area contributed by atoms with Gasteiger partial charge in [0.1, 0.15) is 0 Å². The highest BCUT2D eigenvalue weighted by Gasteiger charge is 2.33. The summed E-state index contributed by atoms with van der Waals surface area (Å²) < 4.78 is 0. The van der Waals surface area contributed by atoms with E-state index in [9.17, 15) is 0 Å². The van der Waals surface area contributed by atoms with E-state index >= 15 is 0 Å². The fourth-order valence-electron chi connectivity index (χ4n) is 3.51. The maximum Gasteiger partial charge on any atom is 0.0127 e. The second-order valence-electron chi connectivity index (χ2n) is 6.78. The molecule has 1 aliphatic carbocycles. The Hall–Kier alpha value is -2.34. The minimum atomic E-state index is 0.780. The van der Waals surface area contributed by atoms with Gasteiger partial charge in [-0.2, -0.15) is 0 Å². The van der Waals surface area contributed by atoms with E-state index in [1.165, 1.54) is 35.1 Å². The zero-order valence-corrected chi connectivity index (χ0v) is 14.0. The maximum absolute atomic E-state index is 2.33. The monoisotopic (exact) mass is 311 g/mol. The van der Waals surface area contributed by atoms with Gasteiger partial charge >= 0.3 is 0 Å². The van der Waals surface area contributed by atoms with E-state index in [0.717, 1.165) is 18.8 Å². The van der Waals surface area contributed by atoms with Crippen LogP contribution >= 0.6 is 0 Å². The van der Waals surface area contributed by atoms with Crippen LogP contribution in [0.5, 0.6) is 0 Å². The molecule has 0 aliphatic heterocycles. The number of hydrogen-bond acceptors (Lipinski definition) is 0. The molecule has 3 aromatic rings. The quantitative estimate of drug-likeness (QED) is 0.535. The van der Waals surface area contributed by atoms with E-state index in [2.05, 4.69) is 84.9 Å². The molecule has 0 heteroatoms. The van der Waals surface area contributed by atoms with Crippen molar-refractivity contribution in [2.45, 2.75) is 25.7 Å².